The highest BCUT2D eigenvalue weighted by Crippen LogP contribution is 2.16. The van der Waals surface area contributed by atoms with Gasteiger partial charge in [0.1, 0.15) is 12.1 Å². The molecule has 1 unspecified atom stereocenters. The summed E-state index contributed by atoms with van der Waals surface area (Å²) in [5, 5.41) is 12.0. The Bertz CT molecular complexity index is 825. The van der Waals surface area contributed by atoms with Crippen molar-refractivity contribution < 1.29 is 4.79 Å². The molecular formula is C17H22N4O2. The summed E-state index contributed by atoms with van der Waals surface area (Å²) in [4.78, 5) is 24.9. The molecule has 0 saturated heterocycles. The fourth-order valence-electron chi connectivity index (χ4n) is 2.51. The number of carbonyl (C=O) groups excluding carboxylic acids is 1. The topological polar surface area (TPSA) is 79.8 Å². The van der Waals surface area contributed by atoms with E-state index in [1.54, 1.807) is 11.5 Å². The summed E-state index contributed by atoms with van der Waals surface area (Å²) in [6, 6.07) is 9.52. The molecule has 0 fully saturated rings. The third kappa shape index (κ3) is 3.00. The maximum Gasteiger partial charge on any atom is 0.329 e. The van der Waals surface area contributed by atoms with Gasteiger partial charge in [-0.2, -0.15) is 5.26 Å². The van der Waals surface area contributed by atoms with Crippen molar-refractivity contribution in [3.05, 3.63) is 34.7 Å². The molecule has 122 valence electrons. The highest BCUT2D eigenvalue weighted by atomic mass is 16.2. The van der Waals surface area contributed by atoms with E-state index >= 15 is 0 Å². The van der Waals surface area contributed by atoms with Crippen molar-refractivity contribution in [2.24, 2.45) is 5.92 Å². The van der Waals surface area contributed by atoms with Crippen LogP contribution in [0.15, 0.2) is 29.1 Å². The predicted octanol–water partition coefficient (Wildman–Crippen LogP) is 1.88. The van der Waals surface area contributed by atoms with Crippen LogP contribution < -0.4 is 11.0 Å². The van der Waals surface area contributed by atoms with Crippen LogP contribution in [0.25, 0.3) is 11.0 Å². The van der Waals surface area contributed by atoms with Crippen LogP contribution >= 0.6 is 0 Å². The van der Waals surface area contributed by atoms with Crippen LogP contribution in [0.1, 0.15) is 27.7 Å². The Kier molecular flexibility index (Phi) is 4.60. The van der Waals surface area contributed by atoms with Crippen LogP contribution in [0.5, 0.6) is 0 Å². The Balaban J connectivity index is 2.36. The molecule has 6 heteroatoms. The quantitative estimate of drug-likeness (QED) is 0.915. The Morgan fingerprint density at radius 3 is 2.35 bits per heavy atom. The lowest BCUT2D eigenvalue weighted by Gasteiger charge is -2.27. The molecule has 1 aromatic carbocycles. The number of para-hydroxylation sites is 2. The van der Waals surface area contributed by atoms with E-state index < -0.39 is 5.54 Å². The highest BCUT2D eigenvalue weighted by molar-refractivity contribution is 5.81. The summed E-state index contributed by atoms with van der Waals surface area (Å²) in [6.45, 7) is 7.76. The molecule has 2 aromatic rings. The van der Waals surface area contributed by atoms with E-state index in [4.69, 9.17) is 0 Å². The summed E-state index contributed by atoms with van der Waals surface area (Å²) < 4.78 is 3.08. The predicted molar refractivity (Wildman–Crippen MR) is 88.9 cm³/mol. The van der Waals surface area contributed by atoms with E-state index in [0.29, 0.717) is 6.54 Å². The second-order valence-corrected chi connectivity index (χ2v) is 6.12. The van der Waals surface area contributed by atoms with Crippen LogP contribution in [0.4, 0.5) is 0 Å². The van der Waals surface area contributed by atoms with Gasteiger partial charge in [0.25, 0.3) is 0 Å². The van der Waals surface area contributed by atoms with E-state index in [0.717, 1.165) is 11.0 Å². The molecule has 1 N–H and O–H groups in total. The molecular weight excluding hydrogens is 292 g/mol. The number of amides is 1. The van der Waals surface area contributed by atoms with Gasteiger partial charge in [-0.3, -0.25) is 13.9 Å². The van der Waals surface area contributed by atoms with Crippen LogP contribution in [0, 0.1) is 17.2 Å². The number of hydrogen-bond acceptors (Lipinski definition) is 3. The van der Waals surface area contributed by atoms with Gasteiger partial charge in [-0.1, -0.05) is 26.0 Å². The largest absolute Gasteiger partial charge is 0.336 e. The monoisotopic (exact) mass is 314 g/mol. The van der Waals surface area contributed by atoms with Gasteiger partial charge in [0.2, 0.25) is 5.91 Å². The lowest BCUT2D eigenvalue weighted by atomic mass is 9.90. The normalized spacial score (nSPS) is 13.7. The number of benzene rings is 1. The van der Waals surface area contributed by atoms with Gasteiger partial charge in [0.15, 0.2) is 0 Å². The molecule has 6 nitrogen and oxygen atoms in total. The minimum atomic E-state index is -0.955. The first-order valence-electron chi connectivity index (χ1n) is 7.74. The van der Waals surface area contributed by atoms with E-state index in [1.165, 1.54) is 4.57 Å². The van der Waals surface area contributed by atoms with Crippen molar-refractivity contribution in [2.45, 2.75) is 46.3 Å². The number of rotatable bonds is 5. The first-order valence-corrected chi connectivity index (χ1v) is 7.74. The zero-order chi connectivity index (χ0) is 17.2. The van der Waals surface area contributed by atoms with Crippen molar-refractivity contribution in [1.82, 2.24) is 14.5 Å². The van der Waals surface area contributed by atoms with E-state index in [-0.39, 0.29) is 24.1 Å². The number of carbonyl (C=O) groups is 1. The number of aryl methyl sites for hydroxylation is 1. The zero-order valence-corrected chi connectivity index (χ0v) is 14.0. The van der Waals surface area contributed by atoms with Gasteiger partial charge >= 0.3 is 5.69 Å². The molecule has 1 atom stereocenters. The standard InChI is InChI=1S/C17H22N4O2/c1-5-20-13-8-6-7-9-14(13)21(16(20)23)10-15(22)19-17(4,11-18)12(2)3/h6-9,12H,5,10H2,1-4H3,(H,19,22). The van der Waals surface area contributed by atoms with Gasteiger partial charge in [-0.15, -0.1) is 0 Å². The highest BCUT2D eigenvalue weighted by Gasteiger charge is 2.30. The van der Waals surface area contributed by atoms with Crippen molar-refractivity contribution in [1.29, 1.82) is 5.26 Å². The van der Waals surface area contributed by atoms with Crippen molar-refractivity contribution in [3.63, 3.8) is 0 Å². The van der Waals surface area contributed by atoms with Crippen molar-refractivity contribution in [2.75, 3.05) is 0 Å². The summed E-state index contributed by atoms with van der Waals surface area (Å²) >= 11 is 0. The molecule has 1 aromatic heterocycles. The number of hydrogen-bond donors (Lipinski definition) is 1. The van der Waals surface area contributed by atoms with Crippen LogP contribution in [-0.4, -0.2) is 20.6 Å². The molecule has 2 rings (SSSR count). The lowest BCUT2D eigenvalue weighted by Crippen LogP contribution is -2.50. The number of nitriles is 1. The van der Waals surface area contributed by atoms with Gasteiger partial charge in [-0.05, 0) is 31.9 Å². The second-order valence-electron chi connectivity index (χ2n) is 6.12. The summed E-state index contributed by atoms with van der Waals surface area (Å²) in [7, 11) is 0. The summed E-state index contributed by atoms with van der Waals surface area (Å²) in [5.74, 6) is -0.381. The number of imidazole rings is 1. The molecule has 0 spiro atoms. The molecule has 0 radical (unpaired) electrons. The SMILES string of the molecule is CCn1c(=O)n(CC(=O)NC(C)(C#N)C(C)C)c2ccccc21. The van der Waals surface area contributed by atoms with E-state index in [9.17, 15) is 14.9 Å². The number of nitrogens with one attached hydrogen (secondary N) is 1. The molecule has 1 heterocycles. The van der Waals surface area contributed by atoms with Gasteiger partial charge in [-0.25, -0.2) is 4.79 Å². The molecule has 23 heavy (non-hydrogen) atoms. The third-order valence-electron chi connectivity index (χ3n) is 4.33. The first kappa shape index (κ1) is 16.8. The minimum Gasteiger partial charge on any atom is -0.336 e. The van der Waals surface area contributed by atoms with Crippen molar-refractivity contribution in [3.8, 4) is 6.07 Å². The fourth-order valence-corrected chi connectivity index (χ4v) is 2.51. The number of nitrogens with zero attached hydrogens (tertiary/aromatic N) is 3. The Morgan fingerprint density at radius 2 is 1.87 bits per heavy atom. The fraction of sp³-hybridized carbons (Fsp3) is 0.471. The summed E-state index contributed by atoms with van der Waals surface area (Å²) in [5.41, 5.74) is 0.355. The maximum absolute atomic E-state index is 12.5. The van der Waals surface area contributed by atoms with E-state index in [2.05, 4.69) is 11.4 Å². The number of fused-ring (bicyclic) bond motifs is 1. The third-order valence-corrected chi connectivity index (χ3v) is 4.33. The van der Waals surface area contributed by atoms with Crippen LogP contribution in [-0.2, 0) is 17.9 Å². The molecule has 0 bridgehead atoms. The smallest absolute Gasteiger partial charge is 0.329 e. The average molecular weight is 314 g/mol. The first-order chi connectivity index (χ1) is 10.8. The Morgan fingerprint density at radius 1 is 1.30 bits per heavy atom. The van der Waals surface area contributed by atoms with Crippen LogP contribution in [0.3, 0.4) is 0 Å². The molecule has 1 amide bonds. The zero-order valence-electron chi connectivity index (χ0n) is 14.0. The second kappa shape index (κ2) is 6.29. The van der Waals surface area contributed by atoms with Crippen LogP contribution in [0.2, 0.25) is 0 Å². The Labute approximate surface area is 135 Å². The average Bonchev–Trinajstić information content (AvgIpc) is 2.79. The number of aromatic nitrogens is 2. The Hall–Kier alpha value is -2.55. The lowest BCUT2D eigenvalue weighted by molar-refractivity contribution is -0.123. The van der Waals surface area contributed by atoms with Crippen molar-refractivity contribution >= 4 is 16.9 Å². The van der Waals surface area contributed by atoms with Gasteiger partial charge in [0.05, 0.1) is 17.1 Å². The molecule has 0 aliphatic heterocycles. The van der Waals surface area contributed by atoms with Gasteiger partial charge in [0, 0.05) is 6.54 Å². The van der Waals surface area contributed by atoms with E-state index in [1.807, 2.05) is 45.0 Å². The molecule has 0 saturated carbocycles. The molecule has 0 aliphatic carbocycles. The minimum absolute atomic E-state index is 0.0369. The van der Waals surface area contributed by atoms with Gasteiger partial charge < -0.3 is 5.32 Å². The summed E-state index contributed by atoms with van der Waals surface area (Å²) in [6.07, 6.45) is 0. The molecule has 0 aliphatic rings. The maximum atomic E-state index is 12.5.